The third kappa shape index (κ3) is 10.4. The monoisotopic (exact) mass is 581 g/mol. The van der Waals surface area contributed by atoms with Gasteiger partial charge in [-0.2, -0.15) is 0 Å². The zero-order valence-corrected chi connectivity index (χ0v) is 23.9. The van der Waals surface area contributed by atoms with E-state index in [-0.39, 0.29) is 30.1 Å². The maximum atomic E-state index is 13.3. The molecule has 5 N–H and O–H groups in total. The third-order valence-corrected chi connectivity index (χ3v) is 6.45. The quantitative estimate of drug-likeness (QED) is 0.170. The van der Waals surface area contributed by atoms with Crippen LogP contribution in [0.3, 0.4) is 0 Å². The molecule has 0 bridgehead atoms. The molecule has 0 aromatic heterocycles. The minimum atomic E-state index is -1.23. The molecule has 0 unspecified atom stereocenters. The normalized spacial score (nSPS) is 12.4. The molecule has 0 spiro atoms. The Morgan fingerprint density at radius 3 is 2.27 bits per heavy atom. The van der Waals surface area contributed by atoms with E-state index in [9.17, 15) is 24.6 Å². The number of halogens is 1. The molecular formula is C31H36ClN3O6. The molecule has 218 valence electrons. The summed E-state index contributed by atoms with van der Waals surface area (Å²) in [5.41, 5.74) is 1.93. The molecule has 0 aliphatic rings. The van der Waals surface area contributed by atoms with Crippen LogP contribution < -0.4 is 20.7 Å². The van der Waals surface area contributed by atoms with Gasteiger partial charge in [0.15, 0.2) is 0 Å². The van der Waals surface area contributed by atoms with Gasteiger partial charge in [0.05, 0.1) is 5.56 Å². The fourth-order valence-corrected chi connectivity index (χ4v) is 4.32. The van der Waals surface area contributed by atoms with Crippen molar-refractivity contribution < 1.29 is 29.3 Å². The van der Waals surface area contributed by atoms with E-state index in [2.05, 4.69) is 16.0 Å². The molecule has 41 heavy (non-hydrogen) atoms. The number of benzene rings is 3. The van der Waals surface area contributed by atoms with E-state index in [0.29, 0.717) is 36.0 Å². The number of carboxylic acid groups (broad SMARTS) is 1. The number of phenols is 1. The van der Waals surface area contributed by atoms with Crippen LogP contribution in [0, 0.1) is 5.92 Å². The lowest BCUT2D eigenvalue weighted by Crippen LogP contribution is -2.52. The maximum absolute atomic E-state index is 13.3. The van der Waals surface area contributed by atoms with Gasteiger partial charge in [0, 0.05) is 24.5 Å². The van der Waals surface area contributed by atoms with Crippen molar-refractivity contribution in [2.24, 2.45) is 5.92 Å². The fraction of sp³-hybridized carbons (Fsp3) is 0.323. The highest BCUT2D eigenvalue weighted by molar-refractivity contribution is 6.31. The fourth-order valence-electron chi connectivity index (χ4n) is 4.15. The summed E-state index contributed by atoms with van der Waals surface area (Å²) in [4.78, 5) is 38.5. The SMILES string of the molecule is CC(C)C[C@H](NC(=O)c1cc(Cl)ccc1OCCNCc1ccccc1)C(=O)N[C@@H](Cc1ccc(O)cc1)C(=O)O. The Balaban J connectivity index is 1.65. The van der Waals surface area contributed by atoms with Crippen LogP contribution in [0.15, 0.2) is 72.8 Å². The number of carbonyl (C=O) groups excluding carboxylic acids is 2. The Hall–Kier alpha value is -4.08. The molecule has 0 radical (unpaired) electrons. The highest BCUT2D eigenvalue weighted by atomic mass is 35.5. The van der Waals surface area contributed by atoms with Crippen molar-refractivity contribution in [1.82, 2.24) is 16.0 Å². The molecule has 0 saturated heterocycles. The van der Waals surface area contributed by atoms with Gasteiger partial charge in [0.25, 0.3) is 5.91 Å². The number of hydrogen-bond acceptors (Lipinski definition) is 6. The zero-order valence-electron chi connectivity index (χ0n) is 23.1. The van der Waals surface area contributed by atoms with Crippen LogP contribution in [0.1, 0.15) is 41.8 Å². The van der Waals surface area contributed by atoms with Crippen LogP contribution in [0.25, 0.3) is 0 Å². The van der Waals surface area contributed by atoms with Crippen molar-refractivity contribution >= 4 is 29.4 Å². The molecule has 0 fully saturated rings. The topological polar surface area (TPSA) is 137 Å². The predicted octanol–water partition coefficient (Wildman–Crippen LogP) is 4.17. The second kappa shape index (κ2) is 15.6. The second-order valence-electron chi connectivity index (χ2n) is 10.1. The lowest BCUT2D eigenvalue weighted by atomic mass is 10.0. The van der Waals surface area contributed by atoms with E-state index < -0.39 is 29.9 Å². The number of rotatable bonds is 15. The molecule has 2 atom stereocenters. The van der Waals surface area contributed by atoms with E-state index >= 15 is 0 Å². The molecular weight excluding hydrogens is 546 g/mol. The number of nitrogens with one attached hydrogen (secondary N) is 3. The highest BCUT2D eigenvalue weighted by Gasteiger charge is 2.28. The Morgan fingerprint density at radius 1 is 0.902 bits per heavy atom. The van der Waals surface area contributed by atoms with Gasteiger partial charge in [-0.25, -0.2) is 4.79 Å². The van der Waals surface area contributed by atoms with Crippen LogP contribution in [-0.4, -0.2) is 53.2 Å². The Morgan fingerprint density at radius 2 is 1.61 bits per heavy atom. The van der Waals surface area contributed by atoms with Crippen LogP contribution in [-0.2, 0) is 22.6 Å². The average molecular weight is 582 g/mol. The lowest BCUT2D eigenvalue weighted by Gasteiger charge is -2.23. The van der Waals surface area contributed by atoms with E-state index in [0.717, 1.165) is 5.56 Å². The summed E-state index contributed by atoms with van der Waals surface area (Å²) < 4.78 is 5.87. The standard InChI is InChI=1S/C31H36ClN3O6/c1-20(2)16-26(30(38)35-27(31(39)40)17-21-8-11-24(36)12-9-21)34-29(37)25-18-23(32)10-13-28(25)41-15-14-33-19-22-6-4-3-5-7-22/h3-13,18,20,26-27,33,36H,14-17,19H2,1-2H3,(H,34,37)(H,35,38)(H,39,40)/t26-,27-/m0/s1. The largest absolute Gasteiger partial charge is 0.508 e. The molecule has 9 nitrogen and oxygen atoms in total. The van der Waals surface area contributed by atoms with Crippen molar-refractivity contribution in [2.75, 3.05) is 13.2 Å². The summed E-state index contributed by atoms with van der Waals surface area (Å²) in [6, 6.07) is 18.5. The highest BCUT2D eigenvalue weighted by Crippen LogP contribution is 2.23. The summed E-state index contributed by atoms with van der Waals surface area (Å²) in [5.74, 6) is -2.01. The summed E-state index contributed by atoms with van der Waals surface area (Å²) >= 11 is 6.18. The maximum Gasteiger partial charge on any atom is 0.326 e. The van der Waals surface area contributed by atoms with Crippen molar-refractivity contribution in [1.29, 1.82) is 0 Å². The van der Waals surface area contributed by atoms with Gasteiger partial charge in [-0.15, -0.1) is 0 Å². The van der Waals surface area contributed by atoms with Crippen molar-refractivity contribution in [3.8, 4) is 11.5 Å². The molecule has 3 rings (SSSR count). The van der Waals surface area contributed by atoms with Crippen LogP contribution in [0.5, 0.6) is 11.5 Å². The van der Waals surface area contributed by atoms with E-state index in [1.807, 2.05) is 44.2 Å². The minimum Gasteiger partial charge on any atom is -0.508 e. The summed E-state index contributed by atoms with van der Waals surface area (Å²) in [6.45, 7) is 5.30. The number of carboxylic acids is 1. The minimum absolute atomic E-state index is 0.00822. The lowest BCUT2D eigenvalue weighted by molar-refractivity contribution is -0.142. The van der Waals surface area contributed by atoms with E-state index in [1.54, 1.807) is 24.3 Å². The molecule has 3 aromatic carbocycles. The molecule has 3 aromatic rings. The first kappa shape index (κ1) is 31.4. The van der Waals surface area contributed by atoms with Gasteiger partial charge in [-0.3, -0.25) is 9.59 Å². The Kier molecular flexibility index (Phi) is 12.0. The van der Waals surface area contributed by atoms with Gasteiger partial charge in [-0.05, 0) is 53.8 Å². The van der Waals surface area contributed by atoms with E-state index in [1.165, 1.54) is 18.2 Å². The van der Waals surface area contributed by atoms with Gasteiger partial charge in [0.1, 0.15) is 30.2 Å². The second-order valence-corrected chi connectivity index (χ2v) is 10.5. The molecule has 2 amide bonds. The van der Waals surface area contributed by atoms with Gasteiger partial charge >= 0.3 is 5.97 Å². The first-order chi connectivity index (χ1) is 19.6. The summed E-state index contributed by atoms with van der Waals surface area (Å²) in [5, 5.41) is 28.1. The number of phenolic OH excluding ortho intramolecular Hbond substituents is 1. The predicted molar refractivity (Wildman–Crippen MR) is 157 cm³/mol. The number of ether oxygens (including phenoxy) is 1. The molecule has 0 heterocycles. The van der Waals surface area contributed by atoms with Gasteiger partial charge < -0.3 is 30.9 Å². The number of aromatic hydroxyl groups is 1. The molecule has 0 aliphatic heterocycles. The first-order valence-corrected chi connectivity index (χ1v) is 13.8. The van der Waals surface area contributed by atoms with Crippen molar-refractivity contribution in [3.63, 3.8) is 0 Å². The number of aliphatic carboxylic acids is 1. The van der Waals surface area contributed by atoms with Gasteiger partial charge in [0.2, 0.25) is 5.91 Å². The van der Waals surface area contributed by atoms with Crippen LogP contribution >= 0.6 is 11.6 Å². The summed E-state index contributed by atoms with van der Waals surface area (Å²) in [7, 11) is 0. The number of hydrogen-bond donors (Lipinski definition) is 5. The Bertz CT molecular complexity index is 1300. The van der Waals surface area contributed by atoms with E-state index in [4.69, 9.17) is 16.3 Å². The molecule has 0 saturated carbocycles. The van der Waals surface area contributed by atoms with Crippen LogP contribution in [0.4, 0.5) is 0 Å². The van der Waals surface area contributed by atoms with Crippen molar-refractivity contribution in [2.45, 2.75) is 45.3 Å². The third-order valence-electron chi connectivity index (χ3n) is 6.21. The Labute approximate surface area is 244 Å². The molecule has 0 aliphatic carbocycles. The zero-order chi connectivity index (χ0) is 29.8. The van der Waals surface area contributed by atoms with Crippen LogP contribution in [0.2, 0.25) is 5.02 Å². The van der Waals surface area contributed by atoms with Gasteiger partial charge in [-0.1, -0.05) is 67.9 Å². The number of carbonyl (C=O) groups is 3. The average Bonchev–Trinajstić information content (AvgIpc) is 2.94. The first-order valence-electron chi connectivity index (χ1n) is 13.4. The number of amides is 2. The smallest absolute Gasteiger partial charge is 0.326 e. The van der Waals surface area contributed by atoms with Crippen molar-refractivity contribution in [3.05, 3.63) is 94.5 Å². The summed E-state index contributed by atoms with van der Waals surface area (Å²) in [6.07, 6.45) is 0.289. The molecule has 10 heteroatoms.